The van der Waals surface area contributed by atoms with E-state index < -0.39 is 17.9 Å². The molecule has 134 valence electrons. The second-order valence-corrected chi connectivity index (χ2v) is 5.71. The average Bonchev–Trinajstić information content (AvgIpc) is 2.88. The number of aromatic nitrogens is 3. The molecule has 0 bridgehead atoms. The summed E-state index contributed by atoms with van der Waals surface area (Å²) < 4.78 is 37.9. The molecule has 0 spiro atoms. The summed E-state index contributed by atoms with van der Waals surface area (Å²) in [6.07, 6.45) is -4.72. The van der Waals surface area contributed by atoms with Crippen LogP contribution in [0.4, 0.5) is 24.5 Å². The van der Waals surface area contributed by atoms with E-state index in [-0.39, 0.29) is 16.8 Å². The van der Waals surface area contributed by atoms with Crippen molar-refractivity contribution in [2.24, 2.45) is 0 Å². The number of halogens is 3. The van der Waals surface area contributed by atoms with E-state index in [0.29, 0.717) is 16.1 Å². The Morgan fingerprint density at radius 2 is 1.72 bits per heavy atom. The van der Waals surface area contributed by atoms with E-state index >= 15 is 0 Å². The first-order valence-electron chi connectivity index (χ1n) is 6.75. The van der Waals surface area contributed by atoms with E-state index in [1.807, 2.05) is 0 Å². The number of benzene rings is 1. The van der Waals surface area contributed by atoms with E-state index in [2.05, 4.69) is 20.8 Å². The van der Waals surface area contributed by atoms with Crippen molar-refractivity contribution in [3.05, 3.63) is 30.1 Å². The highest BCUT2D eigenvalue weighted by Crippen LogP contribution is 2.28. The smallest absolute Gasteiger partial charge is 0.335 e. The second kappa shape index (κ2) is 7.42. The molecular weight excluding hydrogens is 361 g/mol. The maximum Gasteiger partial charge on any atom is 0.453 e. The lowest BCUT2D eigenvalue weighted by Crippen LogP contribution is -2.22. The van der Waals surface area contributed by atoms with Crippen LogP contribution >= 0.6 is 11.8 Å². The molecule has 1 heterocycles. The van der Waals surface area contributed by atoms with Gasteiger partial charge in [0, 0.05) is 18.3 Å². The van der Waals surface area contributed by atoms with Gasteiger partial charge in [-0.05, 0) is 24.3 Å². The number of anilines is 2. The minimum absolute atomic E-state index is 0.208. The molecule has 0 atom stereocenters. The highest BCUT2D eigenvalue weighted by atomic mass is 32.2. The number of hydrogen-bond donors (Lipinski definition) is 3. The van der Waals surface area contributed by atoms with Crippen molar-refractivity contribution in [1.29, 1.82) is 0 Å². The molecule has 0 saturated heterocycles. The first-order valence-corrected chi connectivity index (χ1v) is 7.73. The zero-order chi connectivity index (χ0) is 18.6. The van der Waals surface area contributed by atoms with Gasteiger partial charge in [-0.2, -0.15) is 13.2 Å². The van der Waals surface area contributed by atoms with Gasteiger partial charge in [0.15, 0.2) is 0 Å². The van der Waals surface area contributed by atoms with E-state index in [0.717, 1.165) is 11.8 Å². The number of hydrogen-bond acceptors (Lipinski definition) is 6. The van der Waals surface area contributed by atoms with Crippen molar-refractivity contribution in [2.75, 3.05) is 22.2 Å². The molecule has 1 aromatic carbocycles. The summed E-state index contributed by atoms with van der Waals surface area (Å²) >= 11 is 0.718. The molecule has 25 heavy (non-hydrogen) atoms. The number of carbonyl (C=O) groups excluding carboxylic acids is 2. The topological polar surface area (TPSA) is 115 Å². The third kappa shape index (κ3) is 5.11. The number of nitrogens with zero attached hydrogens (tertiary/aromatic N) is 3. The van der Waals surface area contributed by atoms with Gasteiger partial charge >= 0.3 is 6.18 Å². The Balaban J connectivity index is 1.91. The van der Waals surface area contributed by atoms with Crippen molar-refractivity contribution in [3.8, 4) is 0 Å². The lowest BCUT2D eigenvalue weighted by molar-refractivity contribution is -0.146. The predicted molar refractivity (Wildman–Crippen MR) is 85.3 cm³/mol. The highest BCUT2D eigenvalue weighted by molar-refractivity contribution is 7.99. The molecule has 4 N–H and O–H groups in total. The minimum atomic E-state index is -4.72. The van der Waals surface area contributed by atoms with Crippen LogP contribution in [0.5, 0.6) is 0 Å². The normalized spacial score (nSPS) is 11.2. The molecule has 0 aliphatic carbocycles. The molecule has 2 amide bonds. The first kappa shape index (κ1) is 18.6. The molecule has 12 heteroatoms. The Hall–Kier alpha value is -2.76. The number of rotatable bonds is 5. The Morgan fingerprint density at radius 1 is 1.16 bits per heavy atom. The molecular formula is C13H13F3N6O2S. The molecule has 0 saturated carbocycles. The van der Waals surface area contributed by atoms with Gasteiger partial charge < -0.3 is 16.5 Å². The van der Waals surface area contributed by atoms with Crippen LogP contribution in [0.15, 0.2) is 29.4 Å². The summed E-state index contributed by atoms with van der Waals surface area (Å²) in [4.78, 5) is 22.8. The third-order valence-electron chi connectivity index (χ3n) is 2.74. The Kier molecular flexibility index (Phi) is 5.51. The van der Waals surface area contributed by atoms with Crippen LogP contribution in [-0.2, 0) is 15.8 Å². The number of carbonyl (C=O) groups is 2. The lowest BCUT2D eigenvalue weighted by atomic mass is 10.3. The summed E-state index contributed by atoms with van der Waals surface area (Å²) in [5.74, 6) is 3.03. The standard InChI is InChI=1S/C13H13F3N6O2S/c1-7(23)18-8-2-4-9(5-3-8)19-10(24)6-25-12-21-20-11(22(12)17)13(14,15)16/h2-5H,6,17H2,1H3,(H,18,23)(H,19,24). The third-order valence-corrected chi connectivity index (χ3v) is 3.68. The van der Waals surface area contributed by atoms with E-state index in [9.17, 15) is 22.8 Å². The highest BCUT2D eigenvalue weighted by Gasteiger charge is 2.38. The van der Waals surface area contributed by atoms with Crippen molar-refractivity contribution >= 4 is 35.0 Å². The summed E-state index contributed by atoms with van der Waals surface area (Å²) in [5.41, 5.74) is 1.03. The van der Waals surface area contributed by atoms with Gasteiger partial charge in [-0.1, -0.05) is 11.8 Å². The van der Waals surface area contributed by atoms with Crippen LogP contribution in [0, 0.1) is 0 Å². The van der Waals surface area contributed by atoms with Gasteiger partial charge in [0.05, 0.1) is 5.75 Å². The van der Waals surface area contributed by atoms with Gasteiger partial charge in [0.2, 0.25) is 17.0 Å². The van der Waals surface area contributed by atoms with Gasteiger partial charge in [0.1, 0.15) is 0 Å². The first-order chi connectivity index (χ1) is 11.7. The van der Waals surface area contributed by atoms with Crippen LogP contribution in [0.2, 0.25) is 0 Å². The molecule has 0 radical (unpaired) electrons. The zero-order valence-corrected chi connectivity index (χ0v) is 13.6. The molecule has 8 nitrogen and oxygen atoms in total. The fourth-order valence-corrected chi connectivity index (χ4v) is 2.39. The quantitative estimate of drug-likeness (QED) is 0.542. The van der Waals surface area contributed by atoms with E-state index in [4.69, 9.17) is 5.84 Å². The molecule has 0 aliphatic heterocycles. The second-order valence-electron chi connectivity index (χ2n) is 4.77. The summed E-state index contributed by atoms with van der Waals surface area (Å²) in [5, 5.41) is 11.2. The fraction of sp³-hybridized carbons (Fsp3) is 0.231. The predicted octanol–water partition coefficient (Wildman–Crippen LogP) is 1.70. The molecule has 0 aliphatic rings. The summed E-state index contributed by atoms with van der Waals surface area (Å²) in [6, 6.07) is 6.33. The molecule has 1 aromatic heterocycles. The van der Waals surface area contributed by atoms with Crippen LogP contribution in [-0.4, -0.2) is 32.4 Å². The maximum absolute atomic E-state index is 12.5. The number of thioether (sulfide) groups is 1. The number of alkyl halides is 3. The molecule has 0 fully saturated rings. The van der Waals surface area contributed by atoms with Crippen molar-refractivity contribution in [1.82, 2.24) is 14.9 Å². The van der Waals surface area contributed by atoms with Gasteiger partial charge in [-0.15, -0.1) is 10.2 Å². The van der Waals surface area contributed by atoms with Gasteiger partial charge in [0.25, 0.3) is 5.82 Å². The maximum atomic E-state index is 12.5. The fourth-order valence-electron chi connectivity index (χ4n) is 1.74. The van der Waals surface area contributed by atoms with Crippen LogP contribution in [0.3, 0.4) is 0 Å². The summed E-state index contributed by atoms with van der Waals surface area (Å²) in [6.45, 7) is 1.37. The number of amides is 2. The van der Waals surface area contributed by atoms with Gasteiger partial charge in [-0.25, -0.2) is 4.68 Å². The van der Waals surface area contributed by atoms with Crippen molar-refractivity contribution < 1.29 is 22.8 Å². The van der Waals surface area contributed by atoms with E-state index in [1.165, 1.54) is 6.92 Å². The molecule has 2 aromatic rings. The molecule has 0 unspecified atom stereocenters. The summed E-state index contributed by atoms with van der Waals surface area (Å²) in [7, 11) is 0. The van der Waals surface area contributed by atoms with Crippen LogP contribution in [0.25, 0.3) is 0 Å². The molecule has 2 rings (SSSR count). The average molecular weight is 374 g/mol. The number of nitrogen functional groups attached to an aromatic ring is 1. The Labute approximate surface area is 143 Å². The zero-order valence-electron chi connectivity index (χ0n) is 12.8. The lowest BCUT2D eigenvalue weighted by Gasteiger charge is -2.07. The Morgan fingerprint density at radius 3 is 2.20 bits per heavy atom. The Bertz CT molecular complexity index is 775. The van der Waals surface area contributed by atoms with E-state index in [1.54, 1.807) is 24.3 Å². The SMILES string of the molecule is CC(=O)Nc1ccc(NC(=O)CSc2nnc(C(F)(F)F)n2N)cc1. The number of nitrogens with one attached hydrogen (secondary N) is 2. The monoisotopic (exact) mass is 374 g/mol. The minimum Gasteiger partial charge on any atom is -0.335 e. The van der Waals surface area contributed by atoms with Gasteiger partial charge in [-0.3, -0.25) is 9.59 Å². The van der Waals surface area contributed by atoms with Crippen molar-refractivity contribution in [3.63, 3.8) is 0 Å². The van der Waals surface area contributed by atoms with Crippen molar-refractivity contribution in [2.45, 2.75) is 18.3 Å². The van der Waals surface area contributed by atoms with Crippen LogP contribution < -0.4 is 16.5 Å². The number of nitrogens with two attached hydrogens (primary N) is 1. The van der Waals surface area contributed by atoms with Crippen LogP contribution in [0.1, 0.15) is 12.7 Å². The largest absolute Gasteiger partial charge is 0.453 e.